The predicted molar refractivity (Wildman–Crippen MR) is 72.7 cm³/mol. The molecule has 0 spiro atoms. The summed E-state index contributed by atoms with van der Waals surface area (Å²) in [6.07, 6.45) is 4.83. The van der Waals surface area contributed by atoms with E-state index < -0.39 is 0 Å². The Hall–Kier alpha value is -1.06. The van der Waals surface area contributed by atoms with E-state index >= 15 is 0 Å². The first-order valence-corrected chi connectivity index (χ1v) is 6.89. The standard InChI is InChI=1S/C15H23NO2/c1-2-17-14-6-3-5-12(11-14)15(16)9-8-13-7-4-10-18-13/h3,5-6,11,13,15H,2,4,7-10,16H2,1H3. The molecule has 1 aromatic carbocycles. The van der Waals surface area contributed by atoms with Gasteiger partial charge in [0.15, 0.2) is 0 Å². The maximum absolute atomic E-state index is 6.23. The van der Waals surface area contributed by atoms with Gasteiger partial charge >= 0.3 is 0 Å². The van der Waals surface area contributed by atoms with E-state index in [1.165, 1.54) is 12.8 Å². The molecule has 0 saturated carbocycles. The summed E-state index contributed by atoms with van der Waals surface area (Å²) in [5.74, 6) is 0.905. The van der Waals surface area contributed by atoms with E-state index in [1.807, 2.05) is 25.1 Å². The zero-order chi connectivity index (χ0) is 12.8. The fourth-order valence-corrected chi connectivity index (χ4v) is 2.41. The van der Waals surface area contributed by atoms with Crippen molar-refractivity contribution < 1.29 is 9.47 Å². The highest BCUT2D eigenvalue weighted by Crippen LogP contribution is 2.24. The van der Waals surface area contributed by atoms with Gasteiger partial charge in [-0.1, -0.05) is 12.1 Å². The number of nitrogens with two attached hydrogens (primary N) is 1. The molecular weight excluding hydrogens is 226 g/mol. The van der Waals surface area contributed by atoms with Crippen molar-refractivity contribution in [1.29, 1.82) is 0 Å². The third kappa shape index (κ3) is 3.72. The molecule has 1 aliphatic heterocycles. The average Bonchev–Trinajstić information content (AvgIpc) is 2.90. The summed E-state index contributed by atoms with van der Waals surface area (Å²) < 4.78 is 11.1. The molecule has 1 aromatic rings. The van der Waals surface area contributed by atoms with E-state index in [-0.39, 0.29) is 6.04 Å². The minimum Gasteiger partial charge on any atom is -0.494 e. The summed E-state index contributed by atoms with van der Waals surface area (Å²) in [6, 6.07) is 8.17. The Labute approximate surface area is 109 Å². The molecule has 2 rings (SSSR count). The normalized spacial score (nSPS) is 20.9. The molecule has 18 heavy (non-hydrogen) atoms. The molecular formula is C15H23NO2. The van der Waals surface area contributed by atoms with Gasteiger partial charge in [0.05, 0.1) is 12.7 Å². The van der Waals surface area contributed by atoms with Gasteiger partial charge < -0.3 is 15.2 Å². The van der Waals surface area contributed by atoms with Crippen LogP contribution in [0.3, 0.4) is 0 Å². The van der Waals surface area contributed by atoms with Crippen LogP contribution in [-0.2, 0) is 4.74 Å². The summed E-state index contributed by atoms with van der Waals surface area (Å²) >= 11 is 0. The molecule has 2 unspecified atom stereocenters. The molecule has 1 heterocycles. The monoisotopic (exact) mass is 249 g/mol. The SMILES string of the molecule is CCOc1cccc(C(N)CCC2CCCO2)c1. The Balaban J connectivity index is 1.86. The highest BCUT2D eigenvalue weighted by Gasteiger charge is 2.17. The molecule has 1 fully saturated rings. The van der Waals surface area contributed by atoms with E-state index in [0.29, 0.717) is 12.7 Å². The van der Waals surface area contributed by atoms with Crippen LogP contribution in [0.15, 0.2) is 24.3 Å². The van der Waals surface area contributed by atoms with Crippen molar-refractivity contribution in [2.24, 2.45) is 5.73 Å². The first-order chi connectivity index (χ1) is 8.79. The third-order valence-electron chi connectivity index (χ3n) is 3.42. The molecule has 1 saturated heterocycles. The molecule has 0 aliphatic carbocycles. The molecule has 2 atom stereocenters. The van der Waals surface area contributed by atoms with Gasteiger partial charge in [-0.3, -0.25) is 0 Å². The number of ether oxygens (including phenoxy) is 2. The highest BCUT2D eigenvalue weighted by molar-refractivity contribution is 5.30. The lowest BCUT2D eigenvalue weighted by Gasteiger charge is -2.16. The van der Waals surface area contributed by atoms with Crippen LogP contribution in [0.25, 0.3) is 0 Å². The van der Waals surface area contributed by atoms with Gasteiger partial charge in [-0.05, 0) is 50.3 Å². The molecule has 1 aliphatic rings. The molecule has 0 radical (unpaired) electrons. The second-order valence-electron chi connectivity index (χ2n) is 4.82. The molecule has 2 N–H and O–H groups in total. The van der Waals surface area contributed by atoms with Crippen molar-refractivity contribution in [3.05, 3.63) is 29.8 Å². The summed E-state index contributed by atoms with van der Waals surface area (Å²) in [6.45, 7) is 3.60. The molecule has 0 aromatic heterocycles. The van der Waals surface area contributed by atoms with Gasteiger partial charge in [0.2, 0.25) is 0 Å². The summed E-state index contributed by atoms with van der Waals surface area (Å²) in [5.41, 5.74) is 7.38. The van der Waals surface area contributed by atoms with Crippen molar-refractivity contribution >= 4 is 0 Å². The van der Waals surface area contributed by atoms with Gasteiger partial charge in [-0.15, -0.1) is 0 Å². The zero-order valence-corrected chi connectivity index (χ0v) is 11.1. The van der Waals surface area contributed by atoms with Crippen LogP contribution in [0.5, 0.6) is 5.75 Å². The Morgan fingerprint density at radius 3 is 3.11 bits per heavy atom. The minimum atomic E-state index is 0.0783. The van der Waals surface area contributed by atoms with Crippen LogP contribution in [0.1, 0.15) is 44.2 Å². The Morgan fingerprint density at radius 2 is 2.39 bits per heavy atom. The van der Waals surface area contributed by atoms with E-state index in [9.17, 15) is 0 Å². The summed E-state index contributed by atoms with van der Waals surface area (Å²) in [5, 5.41) is 0. The van der Waals surface area contributed by atoms with Crippen LogP contribution >= 0.6 is 0 Å². The van der Waals surface area contributed by atoms with E-state index in [1.54, 1.807) is 0 Å². The predicted octanol–water partition coefficient (Wildman–Crippen LogP) is 3.04. The largest absolute Gasteiger partial charge is 0.494 e. The van der Waals surface area contributed by atoms with Crippen molar-refractivity contribution in [1.82, 2.24) is 0 Å². The number of hydrogen-bond donors (Lipinski definition) is 1. The summed E-state index contributed by atoms with van der Waals surface area (Å²) in [4.78, 5) is 0. The first-order valence-electron chi connectivity index (χ1n) is 6.89. The van der Waals surface area contributed by atoms with Gasteiger partial charge in [-0.2, -0.15) is 0 Å². The molecule has 3 nitrogen and oxygen atoms in total. The maximum atomic E-state index is 6.23. The number of rotatable bonds is 6. The number of hydrogen-bond acceptors (Lipinski definition) is 3. The highest BCUT2D eigenvalue weighted by atomic mass is 16.5. The fraction of sp³-hybridized carbons (Fsp3) is 0.600. The van der Waals surface area contributed by atoms with Crippen molar-refractivity contribution in [3.63, 3.8) is 0 Å². The van der Waals surface area contributed by atoms with Crippen LogP contribution in [0.2, 0.25) is 0 Å². The smallest absolute Gasteiger partial charge is 0.119 e. The van der Waals surface area contributed by atoms with E-state index in [2.05, 4.69) is 6.07 Å². The summed E-state index contributed by atoms with van der Waals surface area (Å²) in [7, 11) is 0. The lowest BCUT2D eigenvalue weighted by molar-refractivity contribution is 0.101. The third-order valence-corrected chi connectivity index (χ3v) is 3.42. The van der Waals surface area contributed by atoms with Crippen molar-refractivity contribution in [3.8, 4) is 5.75 Å². The van der Waals surface area contributed by atoms with Gasteiger partial charge in [0.1, 0.15) is 5.75 Å². The zero-order valence-electron chi connectivity index (χ0n) is 11.1. The van der Waals surface area contributed by atoms with E-state index in [0.717, 1.165) is 30.8 Å². The topological polar surface area (TPSA) is 44.5 Å². The molecule has 0 amide bonds. The Bertz CT molecular complexity index is 361. The minimum absolute atomic E-state index is 0.0783. The number of benzene rings is 1. The molecule has 0 bridgehead atoms. The fourth-order valence-electron chi connectivity index (χ4n) is 2.41. The second-order valence-corrected chi connectivity index (χ2v) is 4.82. The molecule has 3 heteroatoms. The van der Waals surface area contributed by atoms with Gasteiger partial charge in [0.25, 0.3) is 0 Å². The van der Waals surface area contributed by atoms with E-state index in [4.69, 9.17) is 15.2 Å². The van der Waals surface area contributed by atoms with Crippen LogP contribution in [0, 0.1) is 0 Å². The maximum Gasteiger partial charge on any atom is 0.119 e. The Kier molecular flexibility index (Phi) is 5.02. The lowest BCUT2D eigenvalue weighted by Crippen LogP contribution is -2.14. The van der Waals surface area contributed by atoms with Crippen molar-refractivity contribution in [2.45, 2.75) is 44.8 Å². The lowest BCUT2D eigenvalue weighted by atomic mass is 10.00. The average molecular weight is 249 g/mol. The second kappa shape index (κ2) is 6.76. The van der Waals surface area contributed by atoms with Crippen molar-refractivity contribution in [2.75, 3.05) is 13.2 Å². The van der Waals surface area contributed by atoms with Gasteiger partial charge in [-0.25, -0.2) is 0 Å². The van der Waals surface area contributed by atoms with Gasteiger partial charge in [0, 0.05) is 12.6 Å². The van der Waals surface area contributed by atoms with Crippen LogP contribution < -0.4 is 10.5 Å². The van der Waals surface area contributed by atoms with Crippen LogP contribution in [-0.4, -0.2) is 19.3 Å². The quantitative estimate of drug-likeness (QED) is 0.842. The van der Waals surface area contributed by atoms with Crippen LogP contribution in [0.4, 0.5) is 0 Å². The molecule has 100 valence electrons. The first kappa shape index (κ1) is 13.4. The Morgan fingerprint density at radius 1 is 1.50 bits per heavy atom.